The first-order chi connectivity index (χ1) is 6.74. The van der Waals surface area contributed by atoms with Crippen molar-refractivity contribution in [3.05, 3.63) is 35.6 Å². The largest absolute Gasteiger partial charge is 0.465 e. The van der Waals surface area contributed by atoms with Gasteiger partial charge in [0.05, 0.1) is 18.9 Å². The lowest BCUT2D eigenvalue weighted by Crippen LogP contribution is -2.01. The normalized spacial score (nSPS) is 10.4. The summed E-state index contributed by atoms with van der Waals surface area (Å²) >= 11 is 0. The minimum atomic E-state index is -0.337. The van der Waals surface area contributed by atoms with E-state index in [1.165, 1.54) is 7.11 Å². The number of aryl methyl sites for hydroxylation is 1. The van der Waals surface area contributed by atoms with Crippen LogP contribution in [-0.2, 0) is 4.74 Å². The maximum absolute atomic E-state index is 11.4. The molecule has 0 saturated heterocycles. The molecule has 2 rings (SSSR count). The van der Waals surface area contributed by atoms with Gasteiger partial charge in [0.15, 0.2) is 0 Å². The molecule has 1 heterocycles. The summed E-state index contributed by atoms with van der Waals surface area (Å²) in [6.45, 7) is 1.94. The number of methoxy groups -OCH3 is 1. The lowest BCUT2D eigenvalue weighted by atomic mass is 10.1. The lowest BCUT2D eigenvalue weighted by molar-refractivity contribution is 0.0603. The average Bonchev–Trinajstić information content (AvgIpc) is 2.67. The fourth-order valence-corrected chi connectivity index (χ4v) is 1.49. The molecule has 14 heavy (non-hydrogen) atoms. The van der Waals surface area contributed by atoms with Crippen LogP contribution in [-0.4, -0.2) is 13.1 Å². The first-order valence-corrected chi connectivity index (χ1v) is 4.29. The molecule has 72 valence electrons. The van der Waals surface area contributed by atoms with E-state index in [-0.39, 0.29) is 5.97 Å². The van der Waals surface area contributed by atoms with E-state index < -0.39 is 0 Å². The van der Waals surface area contributed by atoms with Crippen LogP contribution >= 0.6 is 0 Å². The third-order valence-electron chi connectivity index (χ3n) is 2.22. The van der Waals surface area contributed by atoms with Crippen LogP contribution in [0.25, 0.3) is 11.0 Å². The molecule has 0 atom stereocenters. The molecular formula is C11H10O3. The zero-order chi connectivity index (χ0) is 10.1. The molecular weight excluding hydrogens is 180 g/mol. The highest BCUT2D eigenvalue weighted by Gasteiger charge is 2.12. The molecule has 0 aliphatic carbocycles. The van der Waals surface area contributed by atoms with Crippen molar-refractivity contribution >= 4 is 16.9 Å². The Bertz CT molecular complexity index is 482. The van der Waals surface area contributed by atoms with Crippen LogP contribution in [0.1, 0.15) is 15.9 Å². The van der Waals surface area contributed by atoms with E-state index in [9.17, 15) is 4.79 Å². The maximum Gasteiger partial charge on any atom is 0.338 e. The predicted octanol–water partition coefficient (Wildman–Crippen LogP) is 2.53. The number of carbonyl (C=O) groups is 1. The number of hydrogen-bond acceptors (Lipinski definition) is 3. The van der Waals surface area contributed by atoms with Gasteiger partial charge in [0.1, 0.15) is 5.58 Å². The predicted molar refractivity (Wildman–Crippen MR) is 52.3 cm³/mol. The first-order valence-electron chi connectivity index (χ1n) is 4.29. The zero-order valence-electron chi connectivity index (χ0n) is 8.03. The van der Waals surface area contributed by atoms with Crippen LogP contribution in [0.5, 0.6) is 0 Å². The van der Waals surface area contributed by atoms with Crippen LogP contribution in [0.4, 0.5) is 0 Å². The Morgan fingerprint density at radius 1 is 1.36 bits per heavy atom. The molecule has 0 aliphatic rings. The van der Waals surface area contributed by atoms with Gasteiger partial charge in [0.2, 0.25) is 0 Å². The molecule has 0 aliphatic heterocycles. The van der Waals surface area contributed by atoms with Crippen LogP contribution in [0.15, 0.2) is 28.9 Å². The highest BCUT2D eigenvalue weighted by Crippen LogP contribution is 2.23. The Kier molecular flexibility index (Phi) is 2.00. The summed E-state index contributed by atoms with van der Waals surface area (Å²) in [6, 6.07) is 5.37. The Morgan fingerprint density at radius 3 is 2.86 bits per heavy atom. The Hall–Kier alpha value is -1.77. The number of hydrogen-bond donors (Lipinski definition) is 0. The number of fused-ring (bicyclic) bond motifs is 1. The van der Waals surface area contributed by atoms with Gasteiger partial charge in [-0.2, -0.15) is 0 Å². The Labute approximate surface area is 81.3 Å². The van der Waals surface area contributed by atoms with Gasteiger partial charge in [0, 0.05) is 5.39 Å². The van der Waals surface area contributed by atoms with Crippen molar-refractivity contribution in [3.63, 3.8) is 0 Å². The topological polar surface area (TPSA) is 39.4 Å². The molecule has 0 radical (unpaired) electrons. The number of furan rings is 1. The third-order valence-corrected chi connectivity index (χ3v) is 2.22. The summed E-state index contributed by atoms with van der Waals surface area (Å²) in [4.78, 5) is 11.4. The quantitative estimate of drug-likeness (QED) is 0.648. The lowest BCUT2D eigenvalue weighted by Gasteiger charge is -2.01. The van der Waals surface area contributed by atoms with Crippen molar-refractivity contribution in [1.82, 2.24) is 0 Å². The summed E-state index contributed by atoms with van der Waals surface area (Å²) in [6.07, 6.45) is 1.57. The molecule has 0 saturated carbocycles. The minimum Gasteiger partial charge on any atom is -0.465 e. The number of rotatable bonds is 1. The van der Waals surface area contributed by atoms with Crippen molar-refractivity contribution in [2.45, 2.75) is 6.92 Å². The summed E-state index contributed by atoms with van der Waals surface area (Å²) in [5, 5.41) is 0.803. The number of esters is 1. The smallest absolute Gasteiger partial charge is 0.338 e. The third kappa shape index (κ3) is 1.18. The molecule has 0 unspecified atom stereocenters. The number of carbonyl (C=O) groups excluding carboxylic acids is 1. The highest BCUT2D eigenvalue weighted by atomic mass is 16.5. The van der Waals surface area contributed by atoms with E-state index in [4.69, 9.17) is 4.42 Å². The van der Waals surface area contributed by atoms with Gasteiger partial charge >= 0.3 is 5.97 Å². The number of ether oxygens (including phenoxy) is 1. The molecule has 2 aromatic rings. The van der Waals surface area contributed by atoms with Crippen molar-refractivity contribution in [2.24, 2.45) is 0 Å². The second kappa shape index (κ2) is 3.18. The molecule has 0 amide bonds. The summed E-state index contributed by atoms with van der Waals surface area (Å²) in [5.41, 5.74) is 2.30. The van der Waals surface area contributed by atoms with Crippen molar-refractivity contribution in [2.75, 3.05) is 7.11 Å². The van der Waals surface area contributed by atoms with Gasteiger partial charge in [-0.05, 0) is 24.6 Å². The van der Waals surface area contributed by atoms with Crippen LogP contribution < -0.4 is 0 Å². The highest BCUT2D eigenvalue weighted by molar-refractivity contribution is 6.03. The minimum absolute atomic E-state index is 0.337. The van der Waals surface area contributed by atoms with Crippen molar-refractivity contribution in [3.8, 4) is 0 Å². The van der Waals surface area contributed by atoms with Gasteiger partial charge in [-0.1, -0.05) is 6.07 Å². The van der Waals surface area contributed by atoms with Crippen LogP contribution in [0.3, 0.4) is 0 Å². The second-order valence-electron chi connectivity index (χ2n) is 3.09. The zero-order valence-corrected chi connectivity index (χ0v) is 8.03. The molecule has 3 nitrogen and oxygen atoms in total. The fourth-order valence-electron chi connectivity index (χ4n) is 1.49. The van der Waals surface area contributed by atoms with Crippen LogP contribution in [0.2, 0.25) is 0 Å². The first kappa shape index (κ1) is 8.81. The van der Waals surface area contributed by atoms with E-state index in [0.717, 1.165) is 16.5 Å². The van der Waals surface area contributed by atoms with Crippen LogP contribution in [0, 0.1) is 6.92 Å². The van der Waals surface area contributed by atoms with E-state index in [2.05, 4.69) is 4.74 Å². The summed E-state index contributed by atoms with van der Waals surface area (Å²) in [5.74, 6) is -0.337. The fraction of sp³-hybridized carbons (Fsp3) is 0.182. The van der Waals surface area contributed by atoms with Gasteiger partial charge in [0.25, 0.3) is 0 Å². The molecule has 1 aromatic heterocycles. The Morgan fingerprint density at radius 2 is 2.14 bits per heavy atom. The van der Waals surface area contributed by atoms with Gasteiger partial charge < -0.3 is 9.15 Å². The molecule has 1 aromatic carbocycles. The summed E-state index contributed by atoms with van der Waals surface area (Å²) in [7, 11) is 1.37. The Balaban J connectivity index is 2.72. The molecule has 0 bridgehead atoms. The SMILES string of the molecule is COC(=O)c1ccc(C)c2occc12. The van der Waals surface area contributed by atoms with E-state index >= 15 is 0 Å². The molecule has 0 spiro atoms. The van der Waals surface area contributed by atoms with Gasteiger partial charge in [-0.15, -0.1) is 0 Å². The average molecular weight is 190 g/mol. The van der Waals surface area contributed by atoms with Crippen molar-refractivity contribution in [1.29, 1.82) is 0 Å². The second-order valence-corrected chi connectivity index (χ2v) is 3.09. The monoisotopic (exact) mass is 190 g/mol. The van der Waals surface area contributed by atoms with E-state index in [0.29, 0.717) is 5.56 Å². The van der Waals surface area contributed by atoms with Crippen molar-refractivity contribution < 1.29 is 13.9 Å². The molecule has 0 N–H and O–H groups in total. The number of benzene rings is 1. The van der Waals surface area contributed by atoms with E-state index in [1.54, 1.807) is 18.4 Å². The standard InChI is InChI=1S/C11H10O3/c1-7-3-4-9(11(12)13-2)8-5-6-14-10(7)8/h3-6H,1-2H3. The maximum atomic E-state index is 11.4. The van der Waals surface area contributed by atoms with Gasteiger partial charge in [-0.3, -0.25) is 0 Å². The van der Waals surface area contributed by atoms with Gasteiger partial charge in [-0.25, -0.2) is 4.79 Å². The molecule has 3 heteroatoms. The van der Waals surface area contributed by atoms with E-state index in [1.807, 2.05) is 13.0 Å². The molecule has 0 fully saturated rings. The summed E-state index contributed by atoms with van der Waals surface area (Å²) < 4.78 is 9.95.